The molecule has 0 amide bonds. The topological polar surface area (TPSA) is 29.0 Å². The number of aromatic nitrogens is 2. The lowest BCUT2D eigenvalue weighted by Gasteiger charge is -2.26. The predicted molar refractivity (Wildman–Crippen MR) is 236 cm³/mol. The van der Waals surface area contributed by atoms with Gasteiger partial charge in [-0.2, -0.15) is 0 Å². The van der Waals surface area contributed by atoms with Gasteiger partial charge in [0.05, 0.1) is 23.2 Å². The summed E-state index contributed by atoms with van der Waals surface area (Å²) in [5.74, 6) is 0. The summed E-state index contributed by atoms with van der Waals surface area (Å²) in [6.45, 7) is 0. The molecule has 0 aliphatic heterocycles. The summed E-state index contributed by atoms with van der Waals surface area (Å²) in [6.07, 6.45) is 0. The van der Waals surface area contributed by atoms with Crippen LogP contribution >= 0.6 is 22.7 Å². The van der Waals surface area contributed by atoms with Crippen LogP contribution in [0.4, 0.5) is 17.1 Å². The molecule has 0 bridgehead atoms. The van der Waals surface area contributed by atoms with Gasteiger partial charge in [0.1, 0.15) is 10.0 Å². The molecule has 11 rings (SSSR count). The lowest BCUT2D eigenvalue weighted by atomic mass is 9.91. The van der Waals surface area contributed by atoms with Crippen molar-refractivity contribution in [2.45, 2.75) is 0 Å². The maximum absolute atomic E-state index is 9.48. The van der Waals surface area contributed by atoms with Crippen LogP contribution in [-0.2, 0) is 0 Å². The van der Waals surface area contributed by atoms with Gasteiger partial charge in [-0.05, 0) is 141 Å². The largest absolute Gasteiger partial charge is 0.310 e. The third-order valence-electron chi connectivity index (χ3n) is 10.3. The molecule has 0 aliphatic rings. The third-order valence-corrected chi connectivity index (χ3v) is 12.5. The van der Waals surface area contributed by atoms with E-state index in [4.69, 9.17) is 9.97 Å². The van der Waals surface area contributed by atoms with Crippen molar-refractivity contribution < 1.29 is 2.74 Å². The summed E-state index contributed by atoms with van der Waals surface area (Å²) in [5, 5.41) is 7.99. The number of para-hydroxylation sites is 2. The molecule has 5 heteroatoms. The summed E-state index contributed by atoms with van der Waals surface area (Å²) in [4.78, 5) is 12.0. The molecular formula is C50H31N3S2. The highest BCUT2D eigenvalue weighted by molar-refractivity contribution is 7.22. The van der Waals surface area contributed by atoms with Gasteiger partial charge in [-0.15, -0.1) is 22.7 Å². The Balaban J connectivity index is 1.05. The number of hydrogen-bond donors (Lipinski definition) is 0. The number of rotatable bonds is 6. The van der Waals surface area contributed by atoms with Crippen molar-refractivity contribution in [3.8, 4) is 32.3 Å². The van der Waals surface area contributed by atoms with Crippen molar-refractivity contribution in [1.29, 1.82) is 0 Å². The number of thiazole rings is 2. The van der Waals surface area contributed by atoms with Crippen molar-refractivity contribution >= 4 is 92.5 Å². The Bertz CT molecular complexity index is 3100. The van der Waals surface area contributed by atoms with E-state index in [-0.39, 0.29) is 0 Å². The molecule has 0 unspecified atom stereocenters. The lowest BCUT2D eigenvalue weighted by molar-refractivity contribution is 1.29. The Labute approximate surface area is 328 Å². The molecule has 3 nitrogen and oxygen atoms in total. The number of hydrogen-bond acceptors (Lipinski definition) is 5. The van der Waals surface area contributed by atoms with Crippen molar-refractivity contribution in [2.24, 2.45) is 0 Å². The van der Waals surface area contributed by atoms with Crippen LogP contribution in [0.5, 0.6) is 0 Å². The molecule has 2 heterocycles. The van der Waals surface area contributed by atoms with Gasteiger partial charge in [0.15, 0.2) is 0 Å². The number of benzene rings is 9. The Morgan fingerprint density at radius 1 is 0.400 bits per heavy atom. The van der Waals surface area contributed by atoms with Crippen molar-refractivity contribution in [3.63, 3.8) is 0 Å². The minimum absolute atomic E-state index is 0.365. The van der Waals surface area contributed by atoms with Crippen molar-refractivity contribution in [2.75, 3.05) is 4.90 Å². The first-order chi connectivity index (χ1) is 28.0. The third kappa shape index (κ3) is 5.64. The second-order valence-electron chi connectivity index (χ2n) is 13.7. The minimum Gasteiger partial charge on any atom is -0.310 e. The first kappa shape index (κ1) is 29.8. The zero-order chi connectivity index (χ0) is 38.0. The number of nitrogens with zero attached hydrogens (tertiary/aromatic N) is 3. The van der Waals surface area contributed by atoms with Gasteiger partial charge < -0.3 is 4.90 Å². The molecule has 11 aromatic rings. The summed E-state index contributed by atoms with van der Waals surface area (Å²) in [5.41, 5.74) is 8.82. The van der Waals surface area contributed by atoms with Crippen LogP contribution in [0.1, 0.15) is 2.74 Å². The Morgan fingerprint density at radius 3 is 1.45 bits per heavy atom. The van der Waals surface area contributed by atoms with E-state index in [1.165, 1.54) is 0 Å². The van der Waals surface area contributed by atoms with E-state index in [1.807, 2.05) is 36.4 Å². The van der Waals surface area contributed by atoms with Crippen molar-refractivity contribution in [3.05, 3.63) is 188 Å². The van der Waals surface area contributed by atoms with Gasteiger partial charge in [0.25, 0.3) is 0 Å². The SMILES string of the molecule is [2H]c1cc(N(c2ccc(-c3nc4ccccc4s3)cc2)c2ccc(-c3nc4ccccc4s3)cc2)cc2c([2H])cc(-c3c4ccccc4cc4ccccc34)cc12. The number of fused-ring (bicyclic) bond motifs is 5. The summed E-state index contributed by atoms with van der Waals surface area (Å²) < 4.78 is 21.2. The van der Waals surface area contributed by atoms with Crippen LogP contribution in [0.15, 0.2) is 188 Å². The van der Waals surface area contributed by atoms with Gasteiger partial charge in [0.2, 0.25) is 0 Å². The van der Waals surface area contributed by atoms with Gasteiger partial charge in [-0.25, -0.2) is 9.97 Å². The molecule has 0 atom stereocenters. The second-order valence-corrected chi connectivity index (χ2v) is 15.7. The van der Waals surface area contributed by atoms with Gasteiger partial charge in [-0.3, -0.25) is 0 Å². The molecule has 55 heavy (non-hydrogen) atoms. The van der Waals surface area contributed by atoms with Crippen molar-refractivity contribution in [1.82, 2.24) is 9.97 Å². The Kier molecular flexibility index (Phi) is 7.05. The molecule has 258 valence electrons. The first-order valence-corrected chi connectivity index (χ1v) is 19.9. The predicted octanol–water partition coefficient (Wildman–Crippen LogP) is 14.8. The molecule has 0 saturated carbocycles. The average molecular weight is 740 g/mol. The van der Waals surface area contributed by atoms with E-state index in [1.54, 1.807) is 22.7 Å². The molecule has 0 fully saturated rings. The van der Waals surface area contributed by atoms with E-state index in [0.717, 1.165) is 102 Å². The molecule has 0 N–H and O–H groups in total. The quantitative estimate of drug-likeness (QED) is 0.159. The molecule has 2 aromatic heterocycles. The Morgan fingerprint density at radius 2 is 0.891 bits per heavy atom. The fraction of sp³-hybridized carbons (Fsp3) is 0. The van der Waals surface area contributed by atoms with E-state index >= 15 is 0 Å². The lowest BCUT2D eigenvalue weighted by Crippen LogP contribution is -2.09. The molecule has 0 saturated heterocycles. The minimum atomic E-state index is 0.365. The smallest absolute Gasteiger partial charge is 0.124 e. The normalized spacial score (nSPS) is 12.1. The first-order valence-electron chi connectivity index (χ1n) is 19.2. The highest BCUT2D eigenvalue weighted by Gasteiger charge is 2.17. The van der Waals surface area contributed by atoms with Crippen LogP contribution in [0.3, 0.4) is 0 Å². The molecule has 9 aromatic carbocycles. The van der Waals surface area contributed by atoms with Crippen LogP contribution in [-0.4, -0.2) is 9.97 Å². The molecular weight excluding hydrogens is 707 g/mol. The highest BCUT2D eigenvalue weighted by atomic mass is 32.1. The molecule has 0 spiro atoms. The molecule has 0 radical (unpaired) electrons. The van der Waals surface area contributed by atoms with Gasteiger partial charge >= 0.3 is 0 Å². The van der Waals surface area contributed by atoms with Gasteiger partial charge in [-0.1, -0.05) is 90.9 Å². The van der Waals surface area contributed by atoms with E-state index in [2.05, 4.69) is 144 Å². The average Bonchev–Trinajstić information content (AvgIpc) is 3.89. The van der Waals surface area contributed by atoms with E-state index < -0.39 is 0 Å². The zero-order valence-corrected chi connectivity index (χ0v) is 31.0. The molecule has 0 aliphatic carbocycles. The van der Waals surface area contributed by atoms with Crippen LogP contribution in [0, 0.1) is 0 Å². The standard InChI is InChI=1S/C50H31N3S2/c1-3-11-42-36(9-1)30-37-10-2-4-12-43(37)48(42)38-18-17-35-31-41(28-23-34(35)29-38)53(39-24-19-32(20-25-39)49-51-44-13-5-7-15-46(44)54-49)40-26-21-33(22-27-40)50-52-45-14-6-8-16-47(45)55-50/h1-31H/i17D,23D. The maximum Gasteiger partial charge on any atom is 0.124 e. The second kappa shape index (κ2) is 13.0. The zero-order valence-electron chi connectivity index (χ0n) is 31.4. The summed E-state index contributed by atoms with van der Waals surface area (Å²) in [6, 6.07) is 61.3. The fourth-order valence-electron chi connectivity index (χ4n) is 7.63. The monoisotopic (exact) mass is 739 g/mol. The fourth-order valence-corrected chi connectivity index (χ4v) is 9.57. The maximum atomic E-state index is 9.48. The van der Waals surface area contributed by atoms with E-state index in [0.29, 0.717) is 12.1 Å². The summed E-state index contributed by atoms with van der Waals surface area (Å²) >= 11 is 3.38. The van der Waals surface area contributed by atoms with Crippen LogP contribution < -0.4 is 4.90 Å². The van der Waals surface area contributed by atoms with E-state index in [9.17, 15) is 2.74 Å². The number of anilines is 3. The van der Waals surface area contributed by atoms with Crippen LogP contribution in [0.2, 0.25) is 0 Å². The van der Waals surface area contributed by atoms with Gasteiger partial charge in [0, 0.05) is 28.2 Å². The Hall–Kier alpha value is -6.66. The highest BCUT2D eigenvalue weighted by Crippen LogP contribution is 2.42. The van der Waals surface area contributed by atoms with Crippen LogP contribution in [0.25, 0.3) is 85.0 Å². The summed E-state index contributed by atoms with van der Waals surface area (Å²) in [7, 11) is 0.